The molecule has 0 spiro atoms. The lowest BCUT2D eigenvalue weighted by molar-refractivity contribution is 0.281. The molecule has 0 atom stereocenters. The van der Waals surface area contributed by atoms with E-state index in [2.05, 4.69) is 0 Å². The fraction of sp³-hybridized carbons (Fsp3) is 0.0769. The van der Waals surface area contributed by atoms with Crippen LogP contribution in [0.2, 0.25) is 0 Å². The lowest BCUT2D eigenvalue weighted by atomic mass is 10.2. The quantitative estimate of drug-likeness (QED) is 0.910. The van der Waals surface area contributed by atoms with Gasteiger partial charge in [0.1, 0.15) is 22.3 Å². The highest BCUT2D eigenvalue weighted by molar-refractivity contribution is 7.92. The minimum atomic E-state index is -4.38. The first kappa shape index (κ1) is 15.3. The van der Waals surface area contributed by atoms with Crippen LogP contribution in [0.3, 0.4) is 0 Å². The number of halogens is 3. The molecule has 0 fully saturated rings. The van der Waals surface area contributed by atoms with E-state index in [9.17, 15) is 21.6 Å². The molecule has 2 aromatic rings. The Labute approximate surface area is 118 Å². The van der Waals surface area contributed by atoms with Crippen molar-refractivity contribution in [2.24, 2.45) is 0 Å². The Hall–Kier alpha value is -2.06. The summed E-state index contributed by atoms with van der Waals surface area (Å²) in [7, 11) is -4.38. The van der Waals surface area contributed by atoms with Gasteiger partial charge in [-0.3, -0.25) is 4.72 Å². The van der Waals surface area contributed by atoms with E-state index in [1.54, 1.807) is 0 Å². The molecule has 0 aliphatic rings. The Kier molecular flexibility index (Phi) is 4.19. The van der Waals surface area contributed by atoms with Gasteiger partial charge in [0.05, 0.1) is 12.3 Å². The molecule has 0 radical (unpaired) electrons. The summed E-state index contributed by atoms with van der Waals surface area (Å²) < 4.78 is 65.6. The van der Waals surface area contributed by atoms with Gasteiger partial charge in [0.25, 0.3) is 10.0 Å². The summed E-state index contributed by atoms with van der Waals surface area (Å²) in [5, 5.41) is 8.94. The topological polar surface area (TPSA) is 66.4 Å². The maximum Gasteiger partial charge on any atom is 0.264 e. The maximum absolute atomic E-state index is 13.6. The van der Waals surface area contributed by atoms with Crippen LogP contribution in [0.15, 0.2) is 41.3 Å². The van der Waals surface area contributed by atoms with Gasteiger partial charge in [0.2, 0.25) is 0 Å². The SMILES string of the molecule is O=S(=O)(Nc1cc(F)cc(F)c1)c1cc(CO)ccc1F. The molecule has 0 aliphatic carbocycles. The number of aliphatic hydroxyl groups is 1. The Balaban J connectivity index is 2.42. The third-order valence-electron chi connectivity index (χ3n) is 2.58. The number of sulfonamides is 1. The molecule has 2 rings (SSSR count). The summed E-state index contributed by atoms with van der Waals surface area (Å²) in [5.74, 6) is -2.99. The Bertz CT molecular complexity index is 758. The van der Waals surface area contributed by atoms with Crippen molar-refractivity contribution in [3.8, 4) is 0 Å². The summed E-state index contributed by atoms with van der Waals surface area (Å²) in [6, 6.07) is 5.13. The molecule has 112 valence electrons. The van der Waals surface area contributed by atoms with Crippen molar-refractivity contribution in [2.75, 3.05) is 4.72 Å². The summed E-state index contributed by atoms with van der Waals surface area (Å²) in [6.07, 6.45) is 0. The number of hydrogen-bond acceptors (Lipinski definition) is 3. The molecule has 0 heterocycles. The summed E-state index contributed by atoms with van der Waals surface area (Å²) in [4.78, 5) is -0.723. The van der Waals surface area contributed by atoms with Gasteiger partial charge in [-0.1, -0.05) is 6.07 Å². The first-order chi connectivity index (χ1) is 9.81. The normalized spacial score (nSPS) is 11.4. The number of hydrogen-bond donors (Lipinski definition) is 2. The van der Waals surface area contributed by atoms with Crippen molar-refractivity contribution in [3.63, 3.8) is 0 Å². The summed E-state index contributed by atoms with van der Waals surface area (Å²) >= 11 is 0. The molecule has 2 aromatic carbocycles. The van der Waals surface area contributed by atoms with Gasteiger partial charge in [0, 0.05) is 6.07 Å². The van der Waals surface area contributed by atoms with Crippen LogP contribution in [0.25, 0.3) is 0 Å². The van der Waals surface area contributed by atoms with Gasteiger partial charge in [-0.15, -0.1) is 0 Å². The fourth-order valence-corrected chi connectivity index (χ4v) is 2.84. The van der Waals surface area contributed by atoms with E-state index in [1.165, 1.54) is 6.07 Å². The third kappa shape index (κ3) is 3.53. The molecule has 0 saturated carbocycles. The molecule has 0 aromatic heterocycles. The number of nitrogens with one attached hydrogen (secondary N) is 1. The van der Waals surface area contributed by atoms with Crippen LogP contribution in [0.1, 0.15) is 5.56 Å². The van der Waals surface area contributed by atoms with Crippen LogP contribution in [0.5, 0.6) is 0 Å². The summed E-state index contributed by atoms with van der Waals surface area (Å²) in [6.45, 7) is -0.475. The highest BCUT2D eigenvalue weighted by Gasteiger charge is 2.20. The number of rotatable bonds is 4. The molecule has 0 amide bonds. The van der Waals surface area contributed by atoms with Gasteiger partial charge in [0.15, 0.2) is 0 Å². The molecule has 21 heavy (non-hydrogen) atoms. The smallest absolute Gasteiger partial charge is 0.264 e. The molecular weight excluding hydrogens is 307 g/mol. The van der Waals surface area contributed by atoms with E-state index < -0.39 is 39.0 Å². The second-order valence-electron chi connectivity index (χ2n) is 4.19. The first-order valence-electron chi connectivity index (χ1n) is 5.70. The van der Waals surface area contributed by atoms with Crippen molar-refractivity contribution in [1.82, 2.24) is 0 Å². The van der Waals surface area contributed by atoms with Crippen molar-refractivity contribution < 1.29 is 26.7 Å². The van der Waals surface area contributed by atoms with Crippen LogP contribution in [-0.2, 0) is 16.6 Å². The van der Waals surface area contributed by atoms with Crippen LogP contribution in [-0.4, -0.2) is 13.5 Å². The van der Waals surface area contributed by atoms with Gasteiger partial charge in [-0.05, 0) is 29.8 Å². The van der Waals surface area contributed by atoms with Gasteiger partial charge in [-0.25, -0.2) is 21.6 Å². The Morgan fingerprint density at radius 3 is 2.19 bits per heavy atom. The summed E-state index contributed by atoms with van der Waals surface area (Å²) in [5.41, 5.74) is -0.191. The lowest BCUT2D eigenvalue weighted by Crippen LogP contribution is -2.15. The van der Waals surface area contributed by atoms with Crippen LogP contribution in [0.4, 0.5) is 18.9 Å². The molecule has 2 N–H and O–H groups in total. The predicted molar refractivity (Wildman–Crippen MR) is 69.5 cm³/mol. The molecule has 4 nitrogen and oxygen atoms in total. The Morgan fingerprint density at radius 2 is 1.62 bits per heavy atom. The molecule has 0 bridgehead atoms. The molecule has 0 unspecified atom stereocenters. The van der Waals surface area contributed by atoms with Gasteiger partial charge >= 0.3 is 0 Å². The lowest BCUT2D eigenvalue weighted by Gasteiger charge is -2.10. The van der Waals surface area contributed by atoms with Crippen molar-refractivity contribution in [2.45, 2.75) is 11.5 Å². The van der Waals surface area contributed by atoms with E-state index >= 15 is 0 Å². The van der Waals surface area contributed by atoms with E-state index in [0.29, 0.717) is 6.07 Å². The molecule has 0 aliphatic heterocycles. The Morgan fingerprint density at radius 1 is 1.00 bits per heavy atom. The highest BCUT2D eigenvalue weighted by Crippen LogP contribution is 2.21. The molecule has 8 heteroatoms. The van der Waals surface area contributed by atoms with Crippen LogP contribution < -0.4 is 4.72 Å². The van der Waals surface area contributed by atoms with Crippen molar-refractivity contribution >= 4 is 15.7 Å². The minimum Gasteiger partial charge on any atom is -0.392 e. The zero-order chi connectivity index (χ0) is 15.6. The molecular formula is C13H10F3NO3S. The van der Waals surface area contributed by atoms with Crippen molar-refractivity contribution in [3.05, 3.63) is 59.4 Å². The average molecular weight is 317 g/mol. The fourth-order valence-electron chi connectivity index (χ4n) is 1.67. The largest absolute Gasteiger partial charge is 0.392 e. The predicted octanol–water partition coefficient (Wildman–Crippen LogP) is 2.40. The van der Waals surface area contributed by atoms with Crippen molar-refractivity contribution in [1.29, 1.82) is 0 Å². The van der Waals surface area contributed by atoms with E-state index in [-0.39, 0.29) is 11.3 Å². The van der Waals surface area contributed by atoms with Crippen LogP contribution >= 0.6 is 0 Å². The van der Waals surface area contributed by atoms with E-state index in [0.717, 1.165) is 24.3 Å². The van der Waals surface area contributed by atoms with E-state index in [1.807, 2.05) is 4.72 Å². The zero-order valence-corrected chi connectivity index (χ0v) is 11.3. The number of anilines is 1. The third-order valence-corrected chi connectivity index (χ3v) is 3.98. The zero-order valence-electron chi connectivity index (χ0n) is 10.5. The van der Waals surface area contributed by atoms with E-state index in [4.69, 9.17) is 5.11 Å². The second-order valence-corrected chi connectivity index (χ2v) is 5.84. The first-order valence-corrected chi connectivity index (χ1v) is 7.18. The monoisotopic (exact) mass is 317 g/mol. The highest BCUT2D eigenvalue weighted by atomic mass is 32.2. The molecule has 0 saturated heterocycles. The second kappa shape index (κ2) is 5.74. The number of benzene rings is 2. The van der Waals surface area contributed by atoms with Crippen LogP contribution in [0, 0.1) is 17.5 Å². The van der Waals surface area contributed by atoms with Gasteiger partial charge in [-0.2, -0.15) is 0 Å². The number of aliphatic hydroxyl groups excluding tert-OH is 1. The average Bonchev–Trinajstić information content (AvgIpc) is 2.37. The minimum absolute atomic E-state index is 0.183. The standard InChI is InChI=1S/C13H10F3NO3S/c14-9-4-10(15)6-11(5-9)17-21(19,20)13-3-8(7-18)1-2-12(13)16/h1-6,17-18H,7H2. The maximum atomic E-state index is 13.6. The van der Waals surface area contributed by atoms with Gasteiger partial charge < -0.3 is 5.11 Å².